The first-order valence-electron chi connectivity index (χ1n) is 7.51. The zero-order valence-electron chi connectivity index (χ0n) is 12.0. The minimum atomic E-state index is -3.63. The molecule has 5 nitrogen and oxygen atoms in total. The first kappa shape index (κ1) is 14.9. The van der Waals surface area contributed by atoms with E-state index < -0.39 is 15.6 Å². The summed E-state index contributed by atoms with van der Waals surface area (Å²) in [6, 6.07) is 6.51. The third-order valence-electron chi connectivity index (χ3n) is 5.42. The van der Waals surface area contributed by atoms with E-state index in [0.29, 0.717) is 13.1 Å². The molecule has 120 valence electrons. The van der Waals surface area contributed by atoms with Gasteiger partial charge in [0.2, 0.25) is 10.0 Å². The summed E-state index contributed by atoms with van der Waals surface area (Å²) >= 11 is 6.06. The monoisotopic (exact) mass is 343 g/mol. The smallest absolute Gasteiger partial charge is 0.244 e. The number of ether oxygens (including phenoxy) is 1. The van der Waals surface area contributed by atoms with Gasteiger partial charge >= 0.3 is 0 Å². The van der Waals surface area contributed by atoms with Crippen LogP contribution in [0.1, 0.15) is 12.8 Å². The number of rotatable bonds is 3. The number of fused-ring (bicyclic) bond motifs is 1. The number of benzene rings is 1. The summed E-state index contributed by atoms with van der Waals surface area (Å²) in [5.74, 6) is 0.119. The van der Waals surface area contributed by atoms with E-state index in [0.717, 1.165) is 12.8 Å². The molecule has 1 spiro atoms. The standard InChI is InChI=1S/C15H18ClNO4S/c16-12-3-1-2-4-14(12)22(19,20)17-7-11-10(8-18)13-5-6-15(11,9-17)21-13/h1-4,10-11,13,18H,5-9H2/t10-,11+,13+,15+/m0/s1. The van der Waals surface area contributed by atoms with Crippen LogP contribution in [0.4, 0.5) is 0 Å². The average molecular weight is 344 g/mol. The molecule has 22 heavy (non-hydrogen) atoms. The Morgan fingerprint density at radius 1 is 1.41 bits per heavy atom. The Balaban J connectivity index is 1.68. The second kappa shape index (κ2) is 4.92. The van der Waals surface area contributed by atoms with Crippen LogP contribution in [0.5, 0.6) is 0 Å². The largest absolute Gasteiger partial charge is 0.396 e. The fourth-order valence-corrected chi connectivity index (χ4v) is 6.38. The van der Waals surface area contributed by atoms with Gasteiger partial charge in [-0.1, -0.05) is 23.7 Å². The Hall–Kier alpha value is -0.660. The van der Waals surface area contributed by atoms with Gasteiger partial charge in [-0.25, -0.2) is 8.42 Å². The highest BCUT2D eigenvalue weighted by atomic mass is 35.5. The van der Waals surface area contributed by atoms with Crippen molar-refractivity contribution in [2.45, 2.75) is 29.4 Å². The Morgan fingerprint density at radius 2 is 2.18 bits per heavy atom. The lowest BCUT2D eigenvalue weighted by Crippen LogP contribution is -2.38. The number of hydrogen-bond donors (Lipinski definition) is 1. The summed E-state index contributed by atoms with van der Waals surface area (Å²) < 4.78 is 33.3. The van der Waals surface area contributed by atoms with Crippen LogP contribution >= 0.6 is 11.6 Å². The van der Waals surface area contributed by atoms with Crippen molar-refractivity contribution < 1.29 is 18.3 Å². The summed E-state index contributed by atoms with van der Waals surface area (Å²) in [7, 11) is -3.63. The minimum Gasteiger partial charge on any atom is -0.396 e. The van der Waals surface area contributed by atoms with Crippen LogP contribution in [0, 0.1) is 11.8 Å². The van der Waals surface area contributed by atoms with Crippen LogP contribution in [0.25, 0.3) is 0 Å². The van der Waals surface area contributed by atoms with E-state index in [9.17, 15) is 13.5 Å². The molecule has 1 aromatic carbocycles. The highest BCUT2D eigenvalue weighted by Gasteiger charge is 2.64. The van der Waals surface area contributed by atoms with E-state index >= 15 is 0 Å². The molecule has 3 saturated heterocycles. The van der Waals surface area contributed by atoms with Crippen LogP contribution in [-0.4, -0.2) is 49.2 Å². The molecule has 4 rings (SSSR count). The van der Waals surface area contributed by atoms with Crippen LogP contribution in [-0.2, 0) is 14.8 Å². The quantitative estimate of drug-likeness (QED) is 0.903. The number of halogens is 1. The van der Waals surface area contributed by atoms with Crippen molar-refractivity contribution >= 4 is 21.6 Å². The fourth-order valence-electron chi connectivity index (χ4n) is 4.37. The minimum absolute atomic E-state index is 0.0418. The van der Waals surface area contributed by atoms with Crippen LogP contribution in [0.3, 0.4) is 0 Å². The number of sulfonamides is 1. The predicted molar refractivity (Wildman–Crippen MR) is 81.1 cm³/mol. The van der Waals surface area contributed by atoms with Crippen molar-refractivity contribution in [1.29, 1.82) is 0 Å². The first-order chi connectivity index (χ1) is 10.5. The maximum atomic E-state index is 12.9. The molecule has 3 fully saturated rings. The number of aliphatic hydroxyl groups excluding tert-OH is 1. The Morgan fingerprint density at radius 3 is 2.91 bits per heavy atom. The molecule has 0 saturated carbocycles. The zero-order chi connectivity index (χ0) is 15.5. The molecule has 1 aromatic rings. The molecule has 0 aromatic heterocycles. The van der Waals surface area contributed by atoms with Crippen molar-refractivity contribution in [1.82, 2.24) is 4.31 Å². The fraction of sp³-hybridized carbons (Fsp3) is 0.600. The molecule has 3 aliphatic heterocycles. The zero-order valence-corrected chi connectivity index (χ0v) is 13.6. The maximum absolute atomic E-state index is 12.9. The van der Waals surface area contributed by atoms with Crippen molar-refractivity contribution in [2.24, 2.45) is 11.8 Å². The summed E-state index contributed by atoms with van der Waals surface area (Å²) in [5, 5.41) is 9.85. The van der Waals surface area contributed by atoms with Gasteiger partial charge in [0.25, 0.3) is 0 Å². The van der Waals surface area contributed by atoms with E-state index in [4.69, 9.17) is 16.3 Å². The lowest BCUT2D eigenvalue weighted by Gasteiger charge is -2.27. The van der Waals surface area contributed by atoms with Crippen molar-refractivity contribution in [2.75, 3.05) is 19.7 Å². The summed E-state index contributed by atoms with van der Waals surface area (Å²) in [6.07, 6.45) is 1.86. The van der Waals surface area contributed by atoms with Gasteiger partial charge in [-0.2, -0.15) is 4.31 Å². The molecule has 7 heteroatoms. The van der Waals surface area contributed by atoms with Gasteiger partial charge in [0.1, 0.15) is 4.90 Å². The van der Waals surface area contributed by atoms with Crippen molar-refractivity contribution in [3.63, 3.8) is 0 Å². The van der Waals surface area contributed by atoms with Gasteiger partial charge in [0, 0.05) is 31.5 Å². The second-order valence-corrected chi connectivity index (χ2v) is 8.75. The molecular formula is C15H18ClNO4S. The van der Waals surface area contributed by atoms with Gasteiger partial charge < -0.3 is 9.84 Å². The lowest BCUT2D eigenvalue weighted by molar-refractivity contribution is 0.00644. The molecule has 0 unspecified atom stereocenters. The molecule has 3 aliphatic rings. The van der Waals surface area contributed by atoms with E-state index in [1.165, 1.54) is 10.4 Å². The lowest BCUT2D eigenvalue weighted by atomic mass is 9.74. The number of aliphatic hydroxyl groups is 1. The topological polar surface area (TPSA) is 66.8 Å². The SMILES string of the molecule is O=S(=O)(c1ccccc1Cl)N1C[C@@H]2[C@H](CO)[C@H]3CC[C@]2(C1)O3. The van der Waals surface area contributed by atoms with Crippen LogP contribution in [0.15, 0.2) is 29.2 Å². The molecular weight excluding hydrogens is 326 g/mol. The third kappa shape index (κ3) is 1.91. The molecule has 4 atom stereocenters. The first-order valence-corrected chi connectivity index (χ1v) is 9.33. The average Bonchev–Trinajstić information content (AvgIpc) is 3.14. The maximum Gasteiger partial charge on any atom is 0.244 e. The van der Waals surface area contributed by atoms with E-state index in [1.54, 1.807) is 18.2 Å². The normalized spacial score (nSPS) is 37.6. The Bertz CT molecular complexity index is 709. The molecule has 2 bridgehead atoms. The van der Waals surface area contributed by atoms with Gasteiger partial charge in [0.05, 0.1) is 16.7 Å². The van der Waals surface area contributed by atoms with Gasteiger partial charge in [-0.05, 0) is 25.0 Å². The van der Waals surface area contributed by atoms with Crippen LogP contribution < -0.4 is 0 Å². The van der Waals surface area contributed by atoms with E-state index in [2.05, 4.69) is 0 Å². The van der Waals surface area contributed by atoms with Gasteiger partial charge in [-0.15, -0.1) is 0 Å². The van der Waals surface area contributed by atoms with Gasteiger partial charge in [-0.3, -0.25) is 0 Å². The molecule has 0 radical (unpaired) electrons. The highest BCUT2D eigenvalue weighted by molar-refractivity contribution is 7.89. The molecule has 0 amide bonds. The van der Waals surface area contributed by atoms with Crippen molar-refractivity contribution in [3.8, 4) is 0 Å². The van der Waals surface area contributed by atoms with Crippen LogP contribution in [0.2, 0.25) is 5.02 Å². The van der Waals surface area contributed by atoms with E-state index in [-0.39, 0.29) is 34.5 Å². The summed E-state index contributed by atoms with van der Waals surface area (Å²) in [4.78, 5) is 0.142. The van der Waals surface area contributed by atoms with Gasteiger partial charge in [0.15, 0.2) is 0 Å². The Labute approximate surface area is 134 Å². The number of nitrogens with zero attached hydrogens (tertiary/aromatic N) is 1. The third-order valence-corrected chi connectivity index (χ3v) is 7.73. The summed E-state index contributed by atoms with van der Waals surface area (Å²) in [5.41, 5.74) is -0.410. The highest BCUT2D eigenvalue weighted by Crippen LogP contribution is 2.55. The summed E-state index contributed by atoms with van der Waals surface area (Å²) in [6.45, 7) is 0.810. The Kier molecular flexibility index (Phi) is 3.33. The van der Waals surface area contributed by atoms with E-state index in [1.807, 2.05) is 0 Å². The second-order valence-electron chi connectivity index (χ2n) is 6.44. The molecule has 1 N–H and O–H groups in total. The molecule has 3 heterocycles. The van der Waals surface area contributed by atoms with Crippen molar-refractivity contribution in [3.05, 3.63) is 29.3 Å². The number of hydrogen-bond acceptors (Lipinski definition) is 4. The molecule has 0 aliphatic carbocycles. The predicted octanol–water partition coefficient (Wildman–Crippen LogP) is 1.50.